The van der Waals surface area contributed by atoms with Crippen molar-refractivity contribution in [3.05, 3.63) is 59.2 Å². The van der Waals surface area contributed by atoms with Crippen LogP contribution in [0.15, 0.2) is 46.9 Å². The number of nitrogens with zero attached hydrogens (tertiary/aromatic N) is 1. The quantitative estimate of drug-likeness (QED) is 0.198. The van der Waals surface area contributed by atoms with Crippen molar-refractivity contribution in [2.24, 2.45) is 0 Å². The summed E-state index contributed by atoms with van der Waals surface area (Å²) in [6.45, 7) is 8.43. The number of furan rings is 1. The van der Waals surface area contributed by atoms with Gasteiger partial charge < -0.3 is 19.8 Å². The molecule has 5 heteroatoms. The topological polar surface area (TPSA) is 68.7 Å². The van der Waals surface area contributed by atoms with E-state index in [9.17, 15) is 4.79 Å². The highest BCUT2D eigenvalue weighted by molar-refractivity contribution is 6.12. The lowest BCUT2D eigenvalue weighted by Crippen LogP contribution is -2.33. The van der Waals surface area contributed by atoms with Crippen LogP contribution in [-0.2, 0) is 0 Å². The fraction of sp³-hybridized carbons (Fsp3) is 0.516. The second-order valence-electron chi connectivity index (χ2n) is 10.1. The number of fused-ring (bicyclic) bond motifs is 1. The molecule has 194 valence electrons. The predicted molar refractivity (Wildman–Crippen MR) is 148 cm³/mol. The number of hydrogen-bond donors (Lipinski definition) is 1. The first kappa shape index (κ1) is 26.3. The van der Waals surface area contributed by atoms with Gasteiger partial charge >= 0.3 is 0 Å². The summed E-state index contributed by atoms with van der Waals surface area (Å²) in [6.07, 6.45) is 10.5. The molecular formula is C31H42N2O3. The largest absolute Gasteiger partial charge is 0.493 e. The number of carbonyl (C=O) groups excluding carboxylic acids is 1. The van der Waals surface area contributed by atoms with Gasteiger partial charge in [-0.05, 0) is 81.6 Å². The van der Waals surface area contributed by atoms with Crippen LogP contribution in [0.2, 0.25) is 0 Å². The molecule has 1 saturated heterocycles. The summed E-state index contributed by atoms with van der Waals surface area (Å²) in [4.78, 5) is 16.1. The second kappa shape index (κ2) is 13.0. The number of piperidine rings is 1. The van der Waals surface area contributed by atoms with Gasteiger partial charge in [-0.1, -0.05) is 58.1 Å². The van der Waals surface area contributed by atoms with Crippen molar-refractivity contribution in [3.8, 4) is 5.75 Å². The second-order valence-corrected chi connectivity index (χ2v) is 10.1. The number of likely N-dealkylation sites (tertiary alicyclic amines) is 1. The van der Waals surface area contributed by atoms with Crippen molar-refractivity contribution in [2.45, 2.75) is 77.6 Å². The van der Waals surface area contributed by atoms with Gasteiger partial charge in [-0.2, -0.15) is 0 Å². The number of anilines is 1. The Bertz CT molecular complexity index is 1130. The monoisotopic (exact) mass is 490 g/mol. The van der Waals surface area contributed by atoms with E-state index in [4.69, 9.17) is 14.9 Å². The number of nitrogen functional groups attached to an aromatic ring is 1. The third kappa shape index (κ3) is 6.31. The Morgan fingerprint density at radius 1 is 1.00 bits per heavy atom. The normalized spacial score (nSPS) is 14.9. The molecule has 2 aromatic carbocycles. The molecule has 0 radical (unpaired) electrons. The molecule has 0 amide bonds. The fourth-order valence-electron chi connectivity index (χ4n) is 5.38. The van der Waals surface area contributed by atoms with Crippen molar-refractivity contribution >= 4 is 22.6 Å². The van der Waals surface area contributed by atoms with Crippen LogP contribution in [0.4, 0.5) is 5.88 Å². The van der Waals surface area contributed by atoms with Crippen molar-refractivity contribution < 1.29 is 13.9 Å². The van der Waals surface area contributed by atoms with E-state index < -0.39 is 0 Å². The molecule has 0 bridgehead atoms. The predicted octanol–water partition coefficient (Wildman–Crippen LogP) is 7.57. The van der Waals surface area contributed by atoms with E-state index in [1.54, 1.807) is 0 Å². The Hall–Kier alpha value is -2.79. The zero-order valence-electron chi connectivity index (χ0n) is 22.1. The Labute approximate surface area is 216 Å². The van der Waals surface area contributed by atoms with E-state index in [2.05, 4.69) is 18.7 Å². The van der Waals surface area contributed by atoms with E-state index in [1.165, 1.54) is 38.6 Å². The van der Waals surface area contributed by atoms with Gasteiger partial charge in [-0.15, -0.1) is 0 Å². The van der Waals surface area contributed by atoms with E-state index in [0.29, 0.717) is 35.3 Å². The third-order valence-corrected chi connectivity index (χ3v) is 7.48. The Morgan fingerprint density at radius 3 is 2.53 bits per heavy atom. The molecule has 1 aliphatic heterocycles. The van der Waals surface area contributed by atoms with Gasteiger partial charge in [-0.3, -0.25) is 4.79 Å². The van der Waals surface area contributed by atoms with E-state index in [0.717, 1.165) is 55.3 Å². The van der Waals surface area contributed by atoms with Crippen molar-refractivity contribution in [3.63, 3.8) is 0 Å². The molecule has 0 unspecified atom stereocenters. The van der Waals surface area contributed by atoms with Crippen LogP contribution in [0.5, 0.6) is 5.75 Å². The van der Waals surface area contributed by atoms with Gasteiger partial charge in [0.05, 0.1) is 12.2 Å². The maximum Gasteiger partial charge on any atom is 0.196 e. The smallest absolute Gasteiger partial charge is 0.196 e. The Balaban J connectivity index is 1.50. The van der Waals surface area contributed by atoms with Crippen LogP contribution in [0.1, 0.15) is 99.0 Å². The first-order valence-corrected chi connectivity index (χ1v) is 13.9. The Morgan fingerprint density at radius 2 is 1.75 bits per heavy atom. The number of rotatable bonds is 13. The summed E-state index contributed by atoms with van der Waals surface area (Å²) >= 11 is 0. The van der Waals surface area contributed by atoms with Crippen LogP contribution in [0.25, 0.3) is 11.0 Å². The maximum absolute atomic E-state index is 13.6. The lowest BCUT2D eigenvalue weighted by molar-refractivity contribution is 0.103. The summed E-state index contributed by atoms with van der Waals surface area (Å²) in [7, 11) is 0. The maximum atomic E-state index is 13.6. The van der Waals surface area contributed by atoms with E-state index in [1.807, 2.05) is 42.5 Å². The van der Waals surface area contributed by atoms with Crippen molar-refractivity contribution in [1.82, 2.24) is 4.90 Å². The average Bonchev–Trinajstić information content (AvgIpc) is 3.24. The number of carbonyl (C=O) groups is 1. The summed E-state index contributed by atoms with van der Waals surface area (Å²) in [5.41, 5.74) is 9.46. The summed E-state index contributed by atoms with van der Waals surface area (Å²) < 4.78 is 12.0. The molecule has 1 fully saturated rings. The zero-order valence-corrected chi connectivity index (χ0v) is 22.1. The van der Waals surface area contributed by atoms with Crippen LogP contribution in [-0.4, -0.2) is 36.9 Å². The average molecular weight is 491 g/mol. The minimum Gasteiger partial charge on any atom is -0.493 e. The summed E-state index contributed by atoms with van der Waals surface area (Å²) in [5.74, 6) is 1.48. The highest BCUT2D eigenvalue weighted by Gasteiger charge is 2.27. The lowest BCUT2D eigenvalue weighted by Gasteiger charge is -2.32. The van der Waals surface area contributed by atoms with Crippen LogP contribution < -0.4 is 10.5 Å². The number of unbranched alkanes of at least 4 members (excludes halogenated alkanes) is 5. The molecule has 0 saturated carbocycles. The number of hydrogen-bond acceptors (Lipinski definition) is 5. The number of nitrogens with two attached hydrogens (primary N) is 1. The number of para-hydroxylation sites is 1. The molecule has 0 aliphatic carbocycles. The van der Waals surface area contributed by atoms with Gasteiger partial charge in [0.1, 0.15) is 11.3 Å². The minimum atomic E-state index is -0.0301. The lowest BCUT2D eigenvalue weighted by atomic mass is 9.87. The molecule has 1 aliphatic rings. The first-order chi connectivity index (χ1) is 17.6. The van der Waals surface area contributed by atoms with Gasteiger partial charge in [0.15, 0.2) is 11.7 Å². The molecule has 4 rings (SSSR count). The highest BCUT2D eigenvalue weighted by atomic mass is 16.5. The summed E-state index contributed by atoms with van der Waals surface area (Å²) in [5, 5.41) is 0.973. The van der Waals surface area contributed by atoms with Gasteiger partial charge in [-0.25, -0.2) is 0 Å². The van der Waals surface area contributed by atoms with Crippen molar-refractivity contribution in [2.75, 3.05) is 32.0 Å². The minimum absolute atomic E-state index is 0.0301. The first-order valence-electron chi connectivity index (χ1n) is 13.9. The third-order valence-electron chi connectivity index (χ3n) is 7.48. The number of benzene rings is 2. The number of ether oxygens (including phenoxy) is 1. The SMILES string of the molecule is CCCCCCOc1ccccc1C(=O)c1ccc2oc(N)c(C3CCN(CCCCC)CC3)c2c1. The van der Waals surface area contributed by atoms with Gasteiger partial charge in [0.2, 0.25) is 0 Å². The van der Waals surface area contributed by atoms with Gasteiger partial charge in [0, 0.05) is 16.5 Å². The molecule has 2 heterocycles. The number of ketones is 1. The van der Waals surface area contributed by atoms with Gasteiger partial charge in [0.25, 0.3) is 0 Å². The van der Waals surface area contributed by atoms with Crippen LogP contribution in [0.3, 0.4) is 0 Å². The van der Waals surface area contributed by atoms with Crippen molar-refractivity contribution in [1.29, 1.82) is 0 Å². The van der Waals surface area contributed by atoms with Crippen LogP contribution >= 0.6 is 0 Å². The molecular weight excluding hydrogens is 448 g/mol. The highest BCUT2D eigenvalue weighted by Crippen LogP contribution is 2.40. The van der Waals surface area contributed by atoms with E-state index >= 15 is 0 Å². The summed E-state index contributed by atoms with van der Waals surface area (Å²) in [6, 6.07) is 13.3. The zero-order chi connectivity index (χ0) is 25.3. The molecule has 0 spiro atoms. The molecule has 1 aromatic heterocycles. The molecule has 0 atom stereocenters. The van der Waals surface area contributed by atoms with Crippen LogP contribution in [0, 0.1) is 0 Å². The fourth-order valence-corrected chi connectivity index (χ4v) is 5.38. The standard InChI is InChI=1S/C31H42N2O3/c1-3-5-7-11-21-35-27-13-9-8-12-25(27)30(34)24-14-15-28-26(22-24)29(31(32)36-28)23-16-19-33(20-17-23)18-10-6-4-2/h8-9,12-15,22-23H,3-7,10-11,16-21,32H2,1-2H3. The molecule has 5 nitrogen and oxygen atoms in total. The molecule has 2 N–H and O–H groups in total. The molecule has 36 heavy (non-hydrogen) atoms. The Kier molecular flexibility index (Phi) is 9.46. The molecule has 3 aromatic rings. The van der Waals surface area contributed by atoms with E-state index in [-0.39, 0.29) is 5.78 Å².